The van der Waals surface area contributed by atoms with Gasteiger partial charge in [-0.3, -0.25) is 14.5 Å². The summed E-state index contributed by atoms with van der Waals surface area (Å²) >= 11 is 0. The van der Waals surface area contributed by atoms with Crippen LogP contribution in [0.1, 0.15) is 20.7 Å². The number of amides is 2. The van der Waals surface area contributed by atoms with E-state index in [4.69, 9.17) is 10.5 Å². The maximum absolute atomic E-state index is 12.6. The molecule has 1 heterocycles. The molecule has 2 aromatic carbocycles. The predicted octanol–water partition coefficient (Wildman–Crippen LogP) is 2.31. The average molecular weight is 455 g/mol. The van der Waals surface area contributed by atoms with Crippen molar-refractivity contribution in [2.24, 2.45) is 0 Å². The molecule has 0 aliphatic carbocycles. The van der Waals surface area contributed by atoms with E-state index in [0.29, 0.717) is 36.4 Å². The highest BCUT2D eigenvalue weighted by Gasteiger charge is 2.22. The van der Waals surface area contributed by atoms with E-state index in [1.165, 1.54) is 0 Å². The molecule has 0 unspecified atom stereocenters. The fourth-order valence-electron chi connectivity index (χ4n) is 3.20. The molecule has 9 heteroatoms. The first-order chi connectivity index (χ1) is 13.6. The molecule has 2 amide bonds. The van der Waals surface area contributed by atoms with E-state index in [9.17, 15) is 9.59 Å². The number of methoxy groups -OCH3 is 1. The maximum Gasteiger partial charge on any atom is 0.254 e. The van der Waals surface area contributed by atoms with Crippen molar-refractivity contribution in [1.82, 2.24) is 15.1 Å². The van der Waals surface area contributed by atoms with Crippen LogP contribution in [-0.4, -0.2) is 68.0 Å². The number of rotatable bonds is 6. The summed E-state index contributed by atoms with van der Waals surface area (Å²) < 4.78 is 5.10. The summed E-state index contributed by atoms with van der Waals surface area (Å²) in [5, 5.41) is 2.93. The van der Waals surface area contributed by atoms with Crippen LogP contribution in [0.25, 0.3) is 0 Å². The Balaban J connectivity index is 0.00000225. The van der Waals surface area contributed by atoms with E-state index in [-0.39, 0.29) is 36.6 Å². The lowest BCUT2D eigenvalue weighted by molar-refractivity contribution is 0.0638. The summed E-state index contributed by atoms with van der Waals surface area (Å²) in [6, 6.07) is 14.1. The zero-order chi connectivity index (χ0) is 19.9. The number of anilines is 1. The first kappa shape index (κ1) is 25.6. The number of ether oxygens (including phenoxy) is 1. The quantitative estimate of drug-likeness (QED) is 0.653. The van der Waals surface area contributed by atoms with Crippen molar-refractivity contribution in [3.8, 4) is 5.75 Å². The minimum Gasteiger partial charge on any atom is -0.497 e. The maximum atomic E-state index is 12.6. The number of nitrogens with one attached hydrogen (secondary N) is 1. The lowest BCUT2D eigenvalue weighted by Crippen LogP contribution is -2.50. The highest BCUT2D eigenvalue weighted by molar-refractivity contribution is 5.95. The van der Waals surface area contributed by atoms with E-state index in [1.807, 2.05) is 4.90 Å². The van der Waals surface area contributed by atoms with E-state index >= 15 is 0 Å². The number of nitrogens with two attached hydrogens (primary N) is 1. The second-order valence-corrected chi connectivity index (χ2v) is 6.74. The largest absolute Gasteiger partial charge is 0.497 e. The lowest BCUT2D eigenvalue weighted by atomic mass is 10.1. The molecular weight excluding hydrogens is 427 g/mol. The van der Waals surface area contributed by atoms with E-state index in [0.717, 1.165) is 25.4 Å². The van der Waals surface area contributed by atoms with Gasteiger partial charge in [0.2, 0.25) is 0 Å². The van der Waals surface area contributed by atoms with Gasteiger partial charge in [-0.15, -0.1) is 24.8 Å². The molecule has 0 bridgehead atoms. The number of nitrogens with zero attached hydrogens (tertiary/aromatic N) is 2. The van der Waals surface area contributed by atoms with Crippen LogP contribution in [0.3, 0.4) is 0 Å². The van der Waals surface area contributed by atoms with Crippen molar-refractivity contribution in [2.45, 2.75) is 0 Å². The van der Waals surface area contributed by atoms with Gasteiger partial charge < -0.3 is 20.7 Å². The number of hydrogen-bond acceptors (Lipinski definition) is 5. The Morgan fingerprint density at radius 3 is 2.27 bits per heavy atom. The third kappa shape index (κ3) is 6.79. The number of piperazine rings is 1. The molecule has 164 valence electrons. The monoisotopic (exact) mass is 454 g/mol. The van der Waals surface area contributed by atoms with Crippen LogP contribution >= 0.6 is 24.8 Å². The van der Waals surface area contributed by atoms with Gasteiger partial charge in [-0.1, -0.05) is 6.07 Å². The Bertz CT molecular complexity index is 825. The number of nitrogen functional groups attached to an aromatic ring is 1. The third-order valence-corrected chi connectivity index (χ3v) is 4.86. The SMILES string of the molecule is COc1ccc(C(=O)NCCN2CCN(C(=O)c3cccc(N)c3)CC2)cc1.Cl.Cl. The van der Waals surface area contributed by atoms with Gasteiger partial charge in [-0.05, 0) is 42.5 Å². The fraction of sp³-hybridized carbons (Fsp3) is 0.333. The van der Waals surface area contributed by atoms with Gasteiger partial charge in [-0.25, -0.2) is 0 Å². The van der Waals surface area contributed by atoms with Crippen molar-refractivity contribution in [3.05, 3.63) is 59.7 Å². The van der Waals surface area contributed by atoms with Gasteiger partial charge in [0.15, 0.2) is 0 Å². The van der Waals surface area contributed by atoms with Gasteiger partial charge in [0.05, 0.1) is 7.11 Å². The molecule has 0 atom stereocenters. The molecule has 1 fully saturated rings. The first-order valence-corrected chi connectivity index (χ1v) is 9.36. The second kappa shape index (κ2) is 12.3. The molecule has 0 aromatic heterocycles. The molecule has 7 nitrogen and oxygen atoms in total. The van der Waals surface area contributed by atoms with Gasteiger partial charge in [-0.2, -0.15) is 0 Å². The van der Waals surface area contributed by atoms with Crippen LogP contribution in [0.5, 0.6) is 5.75 Å². The number of carbonyl (C=O) groups is 2. The lowest BCUT2D eigenvalue weighted by Gasteiger charge is -2.34. The minimum atomic E-state index is -0.0990. The molecule has 3 N–H and O–H groups in total. The van der Waals surface area contributed by atoms with Crippen LogP contribution in [0, 0.1) is 0 Å². The summed E-state index contributed by atoms with van der Waals surface area (Å²) in [6.45, 7) is 4.22. The second-order valence-electron chi connectivity index (χ2n) is 6.74. The Kier molecular flexibility index (Phi) is 10.5. The summed E-state index contributed by atoms with van der Waals surface area (Å²) in [7, 11) is 1.59. The topological polar surface area (TPSA) is 87.9 Å². The van der Waals surface area contributed by atoms with Gasteiger partial charge in [0.1, 0.15) is 5.75 Å². The van der Waals surface area contributed by atoms with Crippen LogP contribution < -0.4 is 15.8 Å². The van der Waals surface area contributed by atoms with Crippen LogP contribution in [0.2, 0.25) is 0 Å². The van der Waals surface area contributed by atoms with E-state index in [1.54, 1.807) is 55.6 Å². The minimum absolute atomic E-state index is 0. The molecule has 0 radical (unpaired) electrons. The summed E-state index contributed by atoms with van der Waals surface area (Å²) in [6.07, 6.45) is 0. The number of carbonyl (C=O) groups excluding carboxylic acids is 2. The molecule has 3 rings (SSSR count). The number of hydrogen-bond donors (Lipinski definition) is 2. The van der Waals surface area contributed by atoms with Crippen molar-refractivity contribution in [3.63, 3.8) is 0 Å². The summed E-state index contributed by atoms with van der Waals surface area (Å²) in [4.78, 5) is 28.8. The molecule has 1 saturated heterocycles. The van der Waals surface area contributed by atoms with Gasteiger partial charge >= 0.3 is 0 Å². The number of benzene rings is 2. The zero-order valence-corrected chi connectivity index (χ0v) is 18.5. The molecule has 1 aliphatic rings. The highest BCUT2D eigenvalue weighted by atomic mass is 35.5. The summed E-state index contributed by atoms with van der Waals surface area (Å²) in [5.74, 6) is 0.639. The van der Waals surface area contributed by atoms with Crippen molar-refractivity contribution >= 4 is 42.3 Å². The summed E-state index contributed by atoms with van der Waals surface area (Å²) in [5.41, 5.74) is 7.59. The molecule has 30 heavy (non-hydrogen) atoms. The average Bonchev–Trinajstić information content (AvgIpc) is 2.73. The highest BCUT2D eigenvalue weighted by Crippen LogP contribution is 2.12. The molecule has 2 aromatic rings. The molecule has 0 spiro atoms. The first-order valence-electron chi connectivity index (χ1n) is 9.36. The molecular formula is C21H28Cl2N4O3. The Morgan fingerprint density at radius 2 is 1.67 bits per heavy atom. The van der Waals surface area contributed by atoms with Crippen molar-refractivity contribution < 1.29 is 14.3 Å². The predicted molar refractivity (Wildman–Crippen MR) is 123 cm³/mol. The standard InChI is InChI=1S/C21H26N4O3.2ClH/c1-28-19-7-5-16(6-8-19)20(26)23-9-10-24-11-13-25(14-12-24)21(27)17-3-2-4-18(22)15-17;;/h2-8,15H,9-14,22H2,1H3,(H,23,26);2*1H. The zero-order valence-electron chi connectivity index (χ0n) is 16.9. The normalized spacial score (nSPS) is 13.6. The number of halogens is 2. The van der Waals surface area contributed by atoms with Crippen LogP contribution in [0.15, 0.2) is 48.5 Å². The van der Waals surface area contributed by atoms with Gasteiger partial charge in [0, 0.05) is 56.1 Å². The van der Waals surface area contributed by atoms with Crippen molar-refractivity contribution in [2.75, 3.05) is 52.1 Å². The third-order valence-electron chi connectivity index (χ3n) is 4.86. The van der Waals surface area contributed by atoms with Crippen LogP contribution in [0.4, 0.5) is 5.69 Å². The Morgan fingerprint density at radius 1 is 1.00 bits per heavy atom. The molecule has 1 aliphatic heterocycles. The Labute approximate surface area is 189 Å². The van der Waals surface area contributed by atoms with Gasteiger partial charge in [0.25, 0.3) is 11.8 Å². The van der Waals surface area contributed by atoms with Crippen molar-refractivity contribution in [1.29, 1.82) is 0 Å². The van der Waals surface area contributed by atoms with E-state index < -0.39 is 0 Å². The molecule has 0 saturated carbocycles. The van der Waals surface area contributed by atoms with E-state index in [2.05, 4.69) is 10.2 Å². The van der Waals surface area contributed by atoms with Crippen LogP contribution in [-0.2, 0) is 0 Å². The Hall–Kier alpha value is -2.48. The fourth-order valence-corrected chi connectivity index (χ4v) is 3.20. The smallest absolute Gasteiger partial charge is 0.254 e.